The third-order valence-electron chi connectivity index (χ3n) is 8.98. The first-order valence-corrected chi connectivity index (χ1v) is 16.5. The van der Waals surface area contributed by atoms with Gasteiger partial charge in [0.05, 0.1) is 6.04 Å². The summed E-state index contributed by atoms with van der Waals surface area (Å²) >= 11 is 0. The van der Waals surface area contributed by atoms with Gasteiger partial charge in [-0.25, -0.2) is 0 Å². The number of carbonyl (C=O) groups excluding carboxylic acids is 4. The number of fused-ring (bicyclic) bond motifs is 3. The van der Waals surface area contributed by atoms with Crippen molar-refractivity contribution in [2.24, 2.45) is 11.8 Å². The molecule has 6 atom stereocenters. The number of amides is 4. The number of carbonyl (C=O) groups is 4. The van der Waals surface area contributed by atoms with Crippen molar-refractivity contribution in [3.63, 3.8) is 0 Å². The Hall–Kier alpha value is -4.38. The Bertz CT molecular complexity index is 1440. The summed E-state index contributed by atoms with van der Waals surface area (Å²) in [6.07, 6.45) is 4.04. The van der Waals surface area contributed by atoms with E-state index in [2.05, 4.69) is 16.0 Å². The van der Waals surface area contributed by atoms with E-state index >= 15 is 0 Å². The van der Waals surface area contributed by atoms with Gasteiger partial charge in [0.1, 0.15) is 35.7 Å². The lowest BCUT2D eigenvalue weighted by Crippen LogP contribution is -2.60. The lowest BCUT2D eigenvalue weighted by atomic mass is 9.97. The summed E-state index contributed by atoms with van der Waals surface area (Å²) in [4.78, 5) is 59.0. The number of phenolic OH excluding ortho intramolecular Hbond substituents is 1. The molecule has 0 spiro atoms. The van der Waals surface area contributed by atoms with Crippen LogP contribution >= 0.6 is 0 Å². The van der Waals surface area contributed by atoms with Gasteiger partial charge in [0.15, 0.2) is 0 Å². The SMILES string of the molecule is CCC(C)[C@@H]1NC(=O)[C@@H]2C(CCN2C(=O)[C@H](Cc2ccccc2)NC(=O)[C@H](CC(C)C)N(C)C)Oc2ccc(O)c(c2)/C=C\NC1=O. The second-order valence-electron chi connectivity index (χ2n) is 13.2. The van der Waals surface area contributed by atoms with Crippen LogP contribution in [0.1, 0.15) is 58.1 Å². The quantitative estimate of drug-likeness (QED) is 0.311. The summed E-state index contributed by atoms with van der Waals surface area (Å²) in [6, 6.07) is 10.8. The standard InChI is InChI=1S/C36H49N5O6/c1-7-23(4)31-34(44)37-17-15-25-21-26(13-14-29(25)42)47-30-16-18-41(32(30)35(45)39-31)36(46)27(20-24-11-9-8-10-12-24)38-33(43)28(40(5)6)19-22(2)3/h8-15,17,21-23,27-28,30-32,42H,7,16,18-20H2,1-6H3,(H,37,44)(H,38,43)(H,39,45)/b17-15-/t23?,27-,28-,30?,31-,32-/m0/s1. The van der Waals surface area contributed by atoms with Crippen molar-refractivity contribution in [2.75, 3.05) is 20.6 Å². The van der Waals surface area contributed by atoms with Gasteiger partial charge in [-0.2, -0.15) is 0 Å². The van der Waals surface area contributed by atoms with E-state index in [0.29, 0.717) is 30.6 Å². The molecule has 2 aliphatic rings. The van der Waals surface area contributed by atoms with Crippen LogP contribution in [0.2, 0.25) is 0 Å². The summed E-state index contributed by atoms with van der Waals surface area (Å²) in [7, 11) is 3.68. The van der Waals surface area contributed by atoms with Crippen LogP contribution in [0.3, 0.4) is 0 Å². The topological polar surface area (TPSA) is 140 Å². The van der Waals surface area contributed by atoms with Crippen LogP contribution in [0.4, 0.5) is 0 Å². The molecule has 47 heavy (non-hydrogen) atoms. The van der Waals surface area contributed by atoms with Gasteiger partial charge in [0.2, 0.25) is 23.6 Å². The molecule has 2 bridgehead atoms. The predicted octanol–water partition coefficient (Wildman–Crippen LogP) is 3.08. The van der Waals surface area contributed by atoms with Gasteiger partial charge >= 0.3 is 0 Å². The number of hydrogen-bond donors (Lipinski definition) is 4. The molecule has 4 amide bonds. The molecule has 4 N–H and O–H groups in total. The van der Waals surface area contributed by atoms with Crippen molar-refractivity contribution in [3.05, 3.63) is 65.9 Å². The first-order valence-electron chi connectivity index (χ1n) is 16.5. The average Bonchev–Trinajstić information content (AvgIpc) is 3.46. The van der Waals surface area contributed by atoms with Crippen LogP contribution < -0.4 is 20.7 Å². The maximum Gasteiger partial charge on any atom is 0.247 e. The fourth-order valence-corrected chi connectivity index (χ4v) is 6.12. The number of nitrogens with one attached hydrogen (secondary N) is 3. The van der Waals surface area contributed by atoms with E-state index in [9.17, 15) is 24.3 Å². The predicted molar refractivity (Wildman–Crippen MR) is 180 cm³/mol. The Morgan fingerprint density at radius 3 is 2.47 bits per heavy atom. The molecule has 0 aromatic heterocycles. The number of phenols is 1. The number of aromatic hydroxyl groups is 1. The minimum absolute atomic E-state index is 0.00170. The molecule has 254 valence electrons. The molecule has 4 rings (SSSR count). The Morgan fingerprint density at radius 1 is 1.09 bits per heavy atom. The minimum Gasteiger partial charge on any atom is -0.507 e. The highest BCUT2D eigenvalue weighted by molar-refractivity contribution is 5.96. The van der Waals surface area contributed by atoms with Crippen molar-refractivity contribution < 1.29 is 29.0 Å². The molecule has 0 aliphatic carbocycles. The summed E-state index contributed by atoms with van der Waals surface area (Å²) < 4.78 is 6.34. The zero-order valence-corrected chi connectivity index (χ0v) is 28.2. The van der Waals surface area contributed by atoms with Gasteiger partial charge in [-0.3, -0.25) is 24.1 Å². The molecule has 2 aliphatic heterocycles. The Balaban J connectivity index is 1.71. The van der Waals surface area contributed by atoms with Crippen LogP contribution in [0, 0.1) is 11.8 Å². The van der Waals surface area contributed by atoms with Gasteiger partial charge in [-0.05, 0) is 62.2 Å². The monoisotopic (exact) mass is 647 g/mol. The third-order valence-corrected chi connectivity index (χ3v) is 8.98. The van der Waals surface area contributed by atoms with Gasteiger partial charge in [0, 0.05) is 31.1 Å². The molecule has 2 aromatic rings. The van der Waals surface area contributed by atoms with Crippen molar-refractivity contribution in [2.45, 2.75) is 83.6 Å². The van der Waals surface area contributed by atoms with Crippen molar-refractivity contribution in [1.82, 2.24) is 25.8 Å². The summed E-state index contributed by atoms with van der Waals surface area (Å²) in [6.45, 7) is 8.10. The van der Waals surface area contributed by atoms with Crippen LogP contribution in [0.5, 0.6) is 11.5 Å². The molecule has 1 fully saturated rings. The second kappa shape index (κ2) is 15.9. The van der Waals surface area contributed by atoms with E-state index < -0.39 is 48.0 Å². The highest BCUT2D eigenvalue weighted by atomic mass is 16.5. The summed E-state index contributed by atoms with van der Waals surface area (Å²) in [5, 5.41) is 19.1. The molecule has 1 saturated heterocycles. The van der Waals surface area contributed by atoms with Crippen molar-refractivity contribution in [1.29, 1.82) is 0 Å². The molecule has 2 heterocycles. The number of hydrogen-bond acceptors (Lipinski definition) is 7. The van der Waals surface area contributed by atoms with E-state index in [-0.39, 0.29) is 36.5 Å². The number of rotatable bonds is 10. The van der Waals surface area contributed by atoms with E-state index in [4.69, 9.17) is 4.74 Å². The zero-order chi connectivity index (χ0) is 34.2. The Morgan fingerprint density at radius 2 is 1.81 bits per heavy atom. The highest BCUT2D eigenvalue weighted by Gasteiger charge is 2.46. The molecule has 11 heteroatoms. The fraction of sp³-hybridized carbons (Fsp3) is 0.500. The molecule has 0 saturated carbocycles. The smallest absolute Gasteiger partial charge is 0.247 e. The number of likely N-dealkylation sites (N-methyl/N-ethyl adjacent to an activating group) is 1. The highest BCUT2D eigenvalue weighted by Crippen LogP contribution is 2.30. The van der Waals surface area contributed by atoms with Crippen LogP contribution in [-0.4, -0.2) is 89.4 Å². The van der Waals surface area contributed by atoms with Gasteiger partial charge in [-0.1, -0.05) is 64.4 Å². The molecule has 2 aromatic carbocycles. The number of likely N-dealkylation sites (tertiary alicyclic amines) is 1. The molecule has 0 radical (unpaired) electrons. The van der Waals surface area contributed by atoms with Crippen molar-refractivity contribution in [3.8, 4) is 11.5 Å². The molecule has 11 nitrogen and oxygen atoms in total. The van der Waals surface area contributed by atoms with Gasteiger partial charge < -0.3 is 30.7 Å². The van der Waals surface area contributed by atoms with Crippen molar-refractivity contribution >= 4 is 29.7 Å². The molecular weight excluding hydrogens is 598 g/mol. The minimum atomic E-state index is -1.08. The zero-order valence-electron chi connectivity index (χ0n) is 28.2. The number of ether oxygens (including phenoxy) is 1. The number of benzene rings is 2. The van der Waals surface area contributed by atoms with Gasteiger partial charge in [-0.15, -0.1) is 0 Å². The normalized spacial score (nSPS) is 22.4. The van der Waals surface area contributed by atoms with E-state index in [1.165, 1.54) is 17.2 Å². The van der Waals surface area contributed by atoms with E-state index in [1.54, 1.807) is 18.2 Å². The van der Waals surface area contributed by atoms with E-state index in [0.717, 1.165) is 5.56 Å². The molecule has 2 unspecified atom stereocenters. The maximum absolute atomic E-state index is 14.5. The second-order valence-corrected chi connectivity index (χ2v) is 13.2. The summed E-state index contributed by atoms with van der Waals surface area (Å²) in [5.74, 6) is -1.16. The Kier molecular flexibility index (Phi) is 12.0. The van der Waals surface area contributed by atoms with Gasteiger partial charge in [0.25, 0.3) is 0 Å². The average molecular weight is 648 g/mol. The third kappa shape index (κ3) is 8.91. The Labute approximate surface area is 277 Å². The van der Waals surface area contributed by atoms with Crippen LogP contribution in [0.15, 0.2) is 54.7 Å². The fourth-order valence-electron chi connectivity index (χ4n) is 6.12. The summed E-state index contributed by atoms with van der Waals surface area (Å²) in [5.41, 5.74) is 1.28. The van der Waals surface area contributed by atoms with Crippen LogP contribution in [-0.2, 0) is 25.6 Å². The number of nitrogens with zero attached hydrogens (tertiary/aromatic N) is 2. The first-order chi connectivity index (χ1) is 22.4. The maximum atomic E-state index is 14.5. The first kappa shape index (κ1) is 35.5. The molecular formula is C36H49N5O6. The lowest BCUT2D eigenvalue weighted by Gasteiger charge is -2.33. The van der Waals surface area contributed by atoms with E-state index in [1.807, 2.05) is 77.0 Å². The van der Waals surface area contributed by atoms with Crippen LogP contribution in [0.25, 0.3) is 6.08 Å². The largest absolute Gasteiger partial charge is 0.507 e. The lowest BCUT2D eigenvalue weighted by molar-refractivity contribution is -0.144.